The van der Waals surface area contributed by atoms with Crippen LogP contribution in [0.15, 0.2) is 0 Å². The number of rotatable bonds is 1. The highest BCUT2D eigenvalue weighted by molar-refractivity contribution is 5.67. The molecule has 0 aliphatic carbocycles. The van der Waals surface area contributed by atoms with E-state index < -0.39 is 11.7 Å². The number of hydrogen-bond acceptors (Lipinski definition) is 4. The zero-order valence-corrected chi connectivity index (χ0v) is 9.41. The van der Waals surface area contributed by atoms with Crippen molar-refractivity contribution in [3.05, 3.63) is 0 Å². The van der Waals surface area contributed by atoms with Crippen molar-refractivity contribution >= 4 is 6.09 Å². The Balaban J connectivity index is 1.77. The lowest BCUT2D eigenvalue weighted by molar-refractivity contribution is -0.305. The average Bonchev–Trinajstić information content (AvgIpc) is 2.72. The SMILES string of the molecule is CC(C)(C)OOC(=O)N1CCC2(CO2)C1. The second-order valence-corrected chi connectivity index (χ2v) is 5.19. The molecule has 1 unspecified atom stereocenters. The third kappa shape index (κ3) is 2.60. The Labute approximate surface area is 89.2 Å². The van der Waals surface area contributed by atoms with Gasteiger partial charge in [-0.2, -0.15) is 4.89 Å². The number of likely N-dealkylation sites (tertiary alicyclic amines) is 1. The van der Waals surface area contributed by atoms with Crippen molar-refractivity contribution < 1.29 is 19.3 Å². The first kappa shape index (κ1) is 10.7. The van der Waals surface area contributed by atoms with E-state index in [2.05, 4.69) is 0 Å². The van der Waals surface area contributed by atoms with Gasteiger partial charge in [-0.25, -0.2) is 4.79 Å². The molecule has 0 radical (unpaired) electrons. The van der Waals surface area contributed by atoms with Gasteiger partial charge in [-0.05, 0) is 27.2 Å². The molecule has 2 aliphatic rings. The third-order valence-corrected chi connectivity index (χ3v) is 2.49. The van der Waals surface area contributed by atoms with Crippen LogP contribution >= 0.6 is 0 Å². The van der Waals surface area contributed by atoms with Crippen LogP contribution in [0.1, 0.15) is 27.2 Å². The van der Waals surface area contributed by atoms with E-state index in [9.17, 15) is 4.79 Å². The van der Waals surface area contributed by atoms with Crippen LogP contribution in [0.3, 0.4) is 0 Å². The molecule has 2 heterocycles. The summed E-state index contributed by atoms with van der Waals surface area (Å²) in [6.07, 6.45) is 0.481. The predicted octanol–water partition coefficient (Wildman–Crippen LogP) is 1.33. The van der Waals surface area contributed by atoms with Crippen LogP contribution in [0.5, 0.6) is 0 Å². The maximum Gasteiger partial charge on any atom is 0.441 e. The molecule has 0 aromatic rings. The number of carbonyl (C=O) groups excluding carboxylic acids is 1. The second-order valence-electron chi connectivity index (χ2n) is 5.19. The van der Waals surface area contributed by atoms with Crippen molar-refractivity contribution in [2.45, 2.75) is 38.4 Å². The van der Waals surface area contributed by atoms with Gasteiger partial charge in [-0.15, -0.1) is 0 Å². The molecule has 2 saturated heterocycles. The van der Waals surface area contributed by atoms with Gasteiger partial charge in [-0.3, -0.25) is 4.89 Å². The van der Waals surface area contributed by atoms with Gasteiger partial charge in [0.2, 0.25) is 0 Å². The van der Waals surface area contributed by atoms with Crippen LogP contribution in [0, 0.1) is 0 Å². The molecular formula is C10H17NO4. The summed E-state index contributed by atoms with van der Waals surface area (Å²) in [5, 5.41) is 0. The molecule has 5 nitrogen and oxygen atoms in total. The summed E-state index contributed by atoms with van der Waals surface area (Å²) in [7, 11) is 0. The average molecular weight is 215 g/mol. The Morgan fingerprint density at radius 2 is 2.13 bits per heavy atom. The van der Waals surface area contributed by atoms with Crippen LogP contribution in [0.4, 0.5) is 4.79 Å². The number of epoxide rings is 1. The van der Waals surface area contributed by atoms with Gasteiger partial charge in [0.15, 0.2) is 0 Å². The van der Waals surface area contributed by atoms with E-state index in [4.69, 9.17) is 14.5 Å². The van der Waals surface area contributed by atoms with E-state index in [1.54, 1.807) is 4.90 Å². The number of hydrogen-bond donors (Lipinski definition) is 0. The van der Waals surface area contributed by atoms with Crippen LogP contribution < -0.4 is 0 Å². The molecule has 0 aromatic heterocycles. The zero-order chi connectivity index (χ0) is 11.1. The quantitative estimate of drug-likeness (QED) is 0.376. The molecule has 0 N–H and O–H groups in total. The van der Waals surface area contributed by atoms with Crippen LogP contribution in [-0.4, -0.2) is 41.9 Å². The molecular weight excluding hydrogens is 198 g/mol. The fourth-order valence-electron chi connectivity index (χ4n) is 1.55. The summed E-state index contributed by atoms with van der Waals surface area (Å²) in [5.41, 5.74) is -0.524. The Bertz CT molecular complexity index is 267. The predicted molar refractivity (Wildman–Crippen MR) is 52.2 cm³/mol. The summed E-state index contributed by atoms with van der Waals surface area (Å²) in [5.74, 6) is 0. The van der Waals surface area contributed by atoms with Crippen LogP contribution in [0.2, 0.25) is 0 Å². The minimum atomic E-state index is -0.469. The van der Waals surface area contributed by atoms with Gasteiger partial charge in [0.1, 0.15) is 11.2 Å². The summed E-state index contributed by atoms with van der Waals surface area (Å²) in [4.78, 5) is 22.9. The normalized spacial score (nSPS) is 29.7. The van der Waals surface area contributed by atoms with E-state index in [-0.39, 0.29) is 5.60 Å². The number of ether oxygens (including phenoxy) is 1. The minimum absolute atomic E-state index is 0.0548. The molecule has 1 amide bonds. The lowest BCUT2D eigenvalue weighted by Gasteiger charge is -2.20. The van der Waals surface area contributed by atoms with Gasteiger partial charge in [0.25, 0.3) is 0 Å². The first-order valence-corrected chi connectivity index (χ1v) is 5.19. The first-order valence-electron chi connectivity index (χ1n) is 5.19. The summed E-state index contributed by atoms with van der Waals surface area (Å²) in [6.45, 7) is 7.56. The lowest BCUT2D eigenvalue weighted by Crippen LogP contribution is -2.33. The maximum absolute atomic E-state index is 11.5. The van der Waals surface area contributed by atoms with E-state index in [1.165, 1.54) is 0 Å². The van der Waals surface area contributed by atoms with Crippen molar-refractivity contribution in [1.82, 2.24) is 4.90 Å². The molecule has 1 spiro atoms. The highest BCUT2D eigenvalue weighted by atomic mass is 17.2. The Hall–Kier alpha value is -0.810. The molecule has 15 heavy (non-hydrogen) atoms. The van der Waals surface area contributed by atoms with Gasteiger partial charge in [0, 0.05) is 6.54 Å². The monoisotopic (exact) mass is 215 g/mol. The van der Waals surface area contributed by atoms with Crippen LogP contribution in [-0.2, 0) is 14.5 Å². The second kappa shape index (κ2) is 3.35. The third-order valence-electron chi connectivity index (χ3n) is 2.49. The van der Waals surface area contributed by atoms with E-state index in [1.807, 2.05) is 20.8 Å². The van der Waals surface area contributed by atoms with E-state index in [0.29, 0.717) is 13.1 Å². The standard InChI is InChI=1S/C10H17NO4/c1-9(2,3)15-14-8(12)11-5-4-10(6-11)7-13-10/h4-7H2,1-3H3. The Kier molecular flexibility index (Phi) is 2.39. The zero-order valence-electron chi connectivity index (χ0n) is 9.41. The maximum atomic E-state index is 11.5. The van der Waals surface area contributed by atoms with Gasteiger partial charge in [-0.1, -0.05) is 0 Å². The highest BCUT2D eigenvalue weighted by Gasteiger charge is 2.51. The molecule has 0 saturated carbocycles. The molecule has 2 rings (SSSR count). The van der Waals surface area contributed by atoms with Crippen molar-refractivity contribution in [2.75, 3.05) is 19.7 Å². The van der Waals surface area contributed by atoms with Crippen LogP contribution in [0.25, 0.3) is 0 Å². The summed E-state index contributed by atoms with van der Waals surface area (Å²) >= 11 is 0. The first-order chi connectivity index (χ1) is 6.90. The topological polar surface area (TPSA) is 51.3 Å². The van der Waals surface area contributed by atoms with Crippen molar-refractivity contribution in [3.63, 3.8) is 0 Å². The molecule has 0 bridgehead atoms. The summed E-state index contributed by atoms with van der Waals surface area (Å²) in [6, 6.07) is 0. The minimum Gasteiger partial charge on any atom is -0.368 e. The molecule has 2 fully saturated rings. The fourth-order valence-corrected chi connectivity index (χ4v) is 1.55. The Morgan fingerprint density at radius 3 is 2.60 bits per heavy atom. The Morgan fingerprint density at radius 1 is 1.47 bits per heavy atom. The largest absolute Gasteiger partial charge is 0.441 e. The van der Waals surface area contributed by atoms with Gasteiger partial charge >= 0.3 is 6.09 Å². The van der Waals surface area contributed by atoms with Crippen molar-refractivity contribution in [3.8, 4) is 0 Å². The molecule has 0 aromatic carbocycles. The summed E-state index contributed by atoms with van der Waals surface area (Å²) < 4.78 is 5.29. The van der Waals surface area contributed by atoms with Gasteiger partial charge < -0.3 is 9.64 Å². The number of nitrogens with zero attached hydrogens (tertiary/aromatic N) is 1. The van der Waals surface area contributed by atoms with E-state index in [0.717, 1.165) is 13.0 Å². The van der Waals surface area contributed by atoms with Gasteiger partial charge in [0.05, 0.1) is 13.2 Å². The molecule has 2 aliphatic heterocycles. The smallest absolute Gasteiger partial charge is 0.368 e. The molecule has 5 heteroatoms. The number of amides is 1. The van der Waals surface area contributed by atoms with Crippen molar-refractivity contribution in [1.29, 1.82) is 0 Å². The lowest BCUT2D eigenvalue weighted by atomic mass is 10.1. The molecule has 1 atom stereocenters. The van der Waals surface area contributed by atoms with Crippen molar-refractivity contribution in [2.24, 2.45) is 0 Å². The molecule has 86 valence electrons. The number of carbonyl (C=O) groups is 1. The fraction of sp³-hybridized carbons (Fsp3) is 0.900. The highest BCUT2D eigenvalue weighted by Crippen LogP contribution is 2.36. The van der Waals surface area contributed by atoms with E-state index >= 15 is 0 Å².